The summed E-state index contributed by atoms with van der Waals surface area (Å²) in [6, 6.07) is 14.2. The van der Waals surface area contributed by atoms with Gasteiger partial charge in [-0.3, -0.25) is 0 Å². The first-order chi connectivity index (χ1) is 36.0. The molecule has 0 aliphatic heterocycles. The Morgan fingerprint density at radius 3 is 1.27 bits per heavy atom. The van der Waals surface area contributed by atoms with E-state index in [1.807, 2.05) is 42.5 Å². The average molecular weight is 1020 g/mol. The van der Waals surface area contributed by atoms with Gasteiger partial charge in [0.25, 0.3) is 0 Å². The molecule has 0 radical (unpaired) electrons. The number of nitriles is 1. The zero-order valence-corrected chi connectivity index (χ0v) is 46.9. The number of rotatable bonds is 52. The van der Waals surface area contributed by atoms with E-state index < -0.39 is 5.97 Å². The van der Waals surface area contributed by atoms with E-state index in [0.29, 0.717) is 94.6 Å². The molecule has 10 nitrogen and oxygen atoms in total. The van der Waals surface area contributed by atoms with Gasteiger partial charge >= 0.3 is 5.97 Å². The van der Waals surface area contributed by atoms with Crippen LogP contribution in [0.3, 0.4) is 0 Å². The molecule has 0 atom stereocenters. The third-order valence-corrected chi connectivity index (χ3v) is 13.0. The third-order valence-electron chi connectivity index (χ3n) is 13.0. The maximum Gasteiger partial charge on any atom is 0.335 e. The summed E-state index contributed by atoms with van der Waals surface area (Å²) < 4.78 is 47.4. The average Bonchev–Trinajstić information content (AvgIpc) is 3.40. The minimum Gasteiger partial charge on any atom is -0.491 e. The summed E-state index contributed by atoms with van der Waals surface area (Å²) in [6.45, 7) is 16.8. The number of benzene rings is 2. The van der Waals surface area contributed by atoms with Crippen molar-refractivity contribution in [3.8, 4) is 29.1 Å². The highest BCUT2D eigenvalue weighted by molar-refractivity contribution is 5.91. The Bertz CT molecular complexity index is 1660. The number of nitrogens with zero attached hydrogens (tertiary/aromatic N) is 1. The second kappa shape index (κ2) is 47.7. The van der Waals surface area contributed by atoms with Crippen molar-refractivity contribution in [1.82, 2.24) is 0 Å². The van der Waals surface area contributed by atoms with Crippen LogP contribution in [-0.2, 0) is 23.7 Å². The zero-order chi connectivity index (χ0) is 52.5. The lowest BCUT2D eigenvalue weighted by atomic mass is 10.0. The molecule has 0 aliphatic rings. The molecule has 414 valence electrons. The first-order valence-electron chi connectivity index (χ1n) is 29.5. The van der Waals surface area contributed by atoms with E-state index in [4.69, 9.17) is 37.9 Å². The first-order valence-corrected chi connectivity index (χ1v) is 29.5. The van der Waals surface area contributed by atoms with Crippen molar-refractivity contribution in [2.75, 3.05) is 72.7 Å². The first kappa shape index (κ1) is 65.1. The molecule has 0 unspecified atom stereocenters. The van der Waals surface area contributed by atoms with E-state index >= 15 is 0 Å². The molecule has 0 N–H and O–H groups in total. The number of carbonyl (C=O) groups excluding carboxylic acids is 1. The van der Waals surface area contributed by atoms with E-state index in [2.05, 4.69) is 33.4 Å². The summed E-state index contributed by atoms with van der Waals surface area (Å²) in [5.74, 6) is 2.24. The Labute approximate surface area is 445 Å². The van der Waals surface area contributed by atoms with Crippen LogP contribution >= 0.6 is 0 Å². The van der Waals surface area contributed by atoms with Gasteiger partial charge < -0.3 is 37.9 Å². The predicted octanol–water partition coefficient (Wildman–Crippen LogP) is 17.2. The van der Waals surface area contributed by atoms with E-state index in [1.54, 1.807) is 6.92 Å². The van der Waals surface area contributed by atoms with Crippen molar-refractivity contribution < 1.29 is 42.7 Å². The van der Waals surface area contributed by atoms with Crippen LogP contribution in [0.25, 0.3) is 11.6 Å². The maximum atomic E-state index is 11.6. The molecule has 0 amide bonds. The number of carbonyl (C=O) groups is 1. The van der Waals surface area contributed by atoms with Gasteiger partial charge in [-0.05, 0) is 67.7 Å². The molecule has 2 rings (SSSR count). The van der Waals surface area contributed by atoms with Gasteiger partial charge in [-0.25, -0.2) is 4.79 Å². The molecule has 10 heteroatoms. The van der Waals surface area contributed by atoms with Crippen LogP contribution < -0.4 is 18.9 Å². The fraction of sp³-hybridized carbons (Fsp3) is 0.714. The lowest BCUT2D eigenvalue weighted by molar-refractivity contribution is -0.139. The lowest BCUT2D eigenvalue weighted by Crippen LogP contribution is -2.15. The second-order valence-electron chi connectivity index (χ2n) is 19.6. The van der Waals surface area contributed by atoms with Crippen molar-refractivity contribution in [1.29, 1.82) is 5.26 Å². The van der Waals surface area contributed by atoms with E-state index in [-0.39, 0.29) is 12.2 Å². The van der Waals surface area contributed by atoms with Gasteiger partial charge in [0.15, 0.2) is 11.5 Å². The Kier molecular flexibility index (Phi) is 42.5. The summed E-state index contributed by atoms with van der Waals surface area (Å²) >= 11 is 0. The van der Waals surface area contributed by atoms with Crippen LogP contribution in [0.2, 0.25) is 0 Å². The van der Waals surface area contributed by atoms with E-state index in [0.717, 1.165) is 49.7 Å². The van der Waals surface area contributed by atoms with Crippen molar-refractivity contribution >= 4 is 17.6 Å². The number of unbranched alkanes of at least 4 members (excludes halogenated alkanes) is 27. The smallest absolute Gasteiger partial charge is 0.335 e. The normalized spacial score (nSPS) is 11.4. The van der Waals surface area contributed by atoms with Crippen LogP contribution in [0.15, 0.2) is 48.6 Å². The highest BCUT2D eigenvalue weighted by Gasteiger charge is 2.18. The van der Waals surface area contributed by atoms with Crippen LogP contribution in [-0.4, -0.2) is 78.6 Å². The molecule has 0 bridgehead atoms. The van der Waals surface area contributed by atoms with Gasteiger partial charge in [0.05, 0.1) is 83.3 Å². The number of ether oxygens (including phenoxy) is 8. The summed E-state index contributed by atoms with van der Waals surface area (Å²) in [4.78, 5) is 11.6. The third kappa shape index (κ3) is 35.0. The second-order valence-corrected chi connectivity index (χ2v) is 19.6. The monoisotopic (exact) mass is 1020 g/mol. The number of hydrogen-bond acceptors (Lipinski definition) is 10. The highest BCUT2D eigenvalue weighted by Crippen LogP contribution is 2.41. The molecule has 0 spiro atoms. The molecule has 73 heavy (non-hydrogen) atoms. The van der Waals surface area contributed by atoms with Crippen LogP contribution in [0.5, 0.6) is 23.0 Å². The quantitative estimate of drug-likeness (QED) is 0.0209. The van der Waals surface area contributed by atoms with Crippen molar-refractivity contribution in [3.05, 3.63) is 59.7 Å². The summed E-state index contributed by atoms with van der Waals surface area (Å²) in [5, 5.41) is 10.6. The Morgan fingerprint density at radius 2 is 0.863 bits per heavy atom. The van der Waals surface area contributed by atoms with Crippen molar-refractivity contribution in [2.24, 2.45) is 0 Å². The molecule has 0 saturated heterocycles. The van der Waals surface area contributed by atoms with Crippen molar-refractivity contribution in [3.63, 3.8) is 0 Å². The molecule has 0 aliphatic carbocycles. The SMILES string of the molecule is C=C(COCCOCCOCCOc1ccc(/C=C(\C#N)c2cc(OCCCCCCCCCCCC)c(OCCCCCCCCCCCC)c(OCCCCCCCCCCCC)c2)cc1)C(=O)OCC. The lowest BCUT2D eigenvalue weighted by Gasteiger charge is -2.19. The highest BCUT2D eigenvalue weighted by atomic mass is 16.6. The number of esters is 1. The predicted molar refractivity (Wildman–Crippen MR) is 302 cm³/mol. The molecule has 0 saturated carbocycles. The fourth-order valence-electron chi connectivity index (χ4n) is 8.55. The molecule has 2 aromatic rings. The van der Waals surface area contributed by atoms with Gasteiger partial charge in [-0.1, -0.05) is 213 Å². The molecular formula is C63H103NO9. The van der Waals surface area contributed by atoms with Crippen LogP contribution in [0, 0.1) is 11.3 Å². The zero-order valence-electron chi connectivity index (χ0n) is 46.9. The topological polar surface area (TPSA) is 115 Å². The van der Waals surface area contributed by atoms with Crippen LogP contribution in [0.1, 0.15) is 231 Å². The van der Waals surface area contributed by atoms with Crippen molar-refractivity contribution in [2.45, 2.75) is 220 Å². The molecule has 0 fully saturated rings. The van der Waals surface area contributed by atoms with Gasteiger partial charge in [0.1, 0.15) is 12.4 Å². The van der Waals surface area contributed by atoms with Gasteiger partial charge in [-0.15, -0.1) is 0 Å². The molecular weight excluding hydrogens is 915 g/mol. The van der Waals surface area contributed by atoms with Gasteiger partial charge in [-0.2, -0.15) is 5.26 Å². The minimum atomic E-state index is -0.444. The Balaban J connectivity index is 2.10. The van der Waals surface area contributed by atoms with Crippen LogP contribution in [0.4, 0.5) is 0 Å². The summed E-state index contributed by atoms with van der Waals surface area (Å²) in [7, 11) is 0. The summed E-state index contributed by atoms with van der Waals surface area (Å²) in [6.07, 6.45) is 39.8. The van der Waals surface area contributed by atoms with E-state index in [1.165, 1.54) is 154 Å². The molecule has 0 heterocycles. The standard InChI is InChI=1S/C63H103NO9/c1-6-10-13-16-19-22-25-28-31-34-41-71-60-51-57(58(53-64)50-56-37-39-59(40-38-56)70-49-48-67-45-44-66-46-47-68-54-55(5)63(65)69-9-4)52-61(72-42-35-32-29-26-23-20-17-14-11-7-2)62(60)73-43-36-33-30-27-24-21-18-15-12-8-3/h37-40,50-52H,5-36,41-49,54H2,1-4H3/b58-50+. The molecule has 2 aromatic carbocycles. The maximum absolute atomic E-state index is 11.6. The Hall–Kier alpha value is -4.04. The number of hydrogen-bond donors (Lipinski definition) is 0. The number of allylic oxidation sites excluding steroid dienone is 1. The largest absolute Gasteiger partial charge is 0.491 e. The van der Waals surface area contributed by atoms with Gasteiger partial charge in [0.2, 0.25) is 5.75 Å². The van der Waals surface area contributed by atoms with Gasteiger partial charge in [0, 0.05) is 0 Å². The summed E-state index contributed by atoms with van der Waals surface area (Å²) in [5.41, 5.74) is 2.44. The molecule has 0 aromatic heterocycles. The van der Waals surface area contributed by atoms with E-state index in [9.17, 15) is 10.1 Å². The minimum absolute atomic E-state index is 0.113. The Morgan fingerprint density at radius 1 is 0.479 bits per heavy atom. The fourth-order valence-corrected chi connectivity index (χ4v) is 8.55.